The van der Waals surface area contributed by atoms with E-state index in [1.54, 1.807) is 19.2 Å². The lowest BCUT2D eigenvalue weighted by Gasteiger charge is -2.32. The van der Waals surface area contributed by atoms with Crippen LogP contribution in [0.1, 0.15) is 30.4 Å². The average molecular weight is 451 g/mol. The molecule has 2 aromatic carbocycles. The molecule has 33 heavy (non-hydrogen) atoms. The molecule has 8 nitrogen and oxygen atoms in total. The molecule has 0 aromatic heterocycles. The predicted octanol–water partition coefficient (Wildman–Crippen LogP) is 2.29. The molecule has 8 heteroatoms. The fourth-order valence-corrected chi connectivity index (χ4v) is 4.33. The van der Waals surface area contributed by atoms with E-state index in [4.69, 9.17) is 4.74 Å². The molecule has 2 N–H and O–H groups in total. The lowest BCUT2D eigenvalue weighted by molar-refractivity contribution is -0.131. The fraction of sp³-hybridized carbons (Fsp3) is 0.400. The molecule has 0 aliphatic carbocycles. The predicted molar refractivity (Wildman–Crippen MR) is 123 cm³/mol. The van der Waals surface area contributed by atoms with Gasteiger partial charge in [-0.15, -0.1) is 0 Å². The maximum Gasteiger partial charge on any atom is 0.325 e. The molecule has 2 aliphatic heterocycles. The Kier molecular flexibility index (Phi) is 7.24. The molecule has 0 saturated carbocycles. The van der Waals surface area contributed by atoms with Gasteiger partial charge in [0.1, 0.15) is 11.8 Å². The number of imide groups is 1. The number of hydrogen-bond acceptors (Lipinski definition) is 5. The van der Waals surface area contributed by atoms with Crippen molar-refractivity contribution in [1.82, 2.24) is 20.4 Å². The number of rotatable bonds is 8. The number of methoxy groups -OCH3 is 1. The van der Waals surface area contributed by atoms with Gasteiger partial charge in [0.25, 0.3) is 5.91 Å². The molecule has 4 rings (SSSR count). The molecule has 2 fully saturated rings. The van der Waals surface area contributed by atoms with Crippen LogP contribution >= 0.6 is 0 Å². The van der Waals surface area contributed by atoms with Crippen LogP contribution in [-0.2, 0) is 22.7 Å². The van der Waals surface area contributed by atoms with Gasteiger partial charge >= 0.3 is 6.03 Å². The minimum absolute atomic E-state index is 0.0477. The van der Waals surface area contributed by atoms with Crippen LogP contribution < -0.4 is 15.4 Å². The first-order chi connectivity index (χ1) is 16.0. The summed E-state index contributed by atoms with van der Waals surface area (Å²) in [6.45, 7) is 2.89. The molecular formula is C25H30N4O4. The Labute approximate surface area is 193 Å². The van der Waals surface area contributed by atoms with Crippen LogP contribution in [0.25, 0.3) is 0 Å². The molecule has 0 spiro atoms. The van der Waals surface area contributed by atoms with Crippen LogP contribution in [0.3, 0.4) is 0 Å². The average Bonchev–Trinajstić information content (AvgIpc) is 3.08. The van der Waals surface area contributed by atoms with Gasteiger partial charge in [-0.1, -0.05) is 42.5 Å². The van der Waals surface area contributed by atoms with Crippen LogP contribution in [-0.4, -0.2) is 59.9 Å². The molecule has 2 saturated heterocycles. The van der Waals surface area contributed by atoms with E-state index < -0.39 is 12.1 Å². The van der Waals surface area contributed by atoms with Gasteiger partial charge in [-0.25, -0.2) is 4.79 Å². The van der Waals surface area contributed by atoms with E-state index >= 15 is 0 Å². The summed E-state index contributed by atoms with van der Waals surface area (Å²) in [7, 11) is 1.58. The molecule has 0 bridgehead atoms. The summed E-state index contributed by atoms with van der Waals surface area (Å²) >= 11 is 0. The molecule has 2 heterocycles. The normalized spacial score (nSPS) is 19.4. The fourth-order valence-electron chi connectivity index (χ4n) is 4.33. The number of likely N-dealkylation sites (tertiary alicyclic amines) is 1. The highest BCUT2D eigenvalue weighted by molar-refractivity contribution is 6.05. The highest BCUT2D eigenvalue weighted by atomic mass is 16.5. The molecular weight excluding hydrogens is 420 g/mol. The molecule has 4 amide bonds. The van der Waals surface area contributed by atoms with E-state index in [1.165, 1.54) is 5.56 Å². The van der Waals surface area contributed by atoms with Crippen molar-refractivity contribution in [1.29, 1.82) is 0 Å². The third-order valence-electron chi connectivity index (χ3n) is 6.20. The van der Waals surface area contributed by atoms with Crippen LogP contribution in [0.4, 0.5) is 4.79 Å². The van der Waals surface area contributed by atoms with Crippen LogP contribution in [0, 0.1) is 0 Å². The second-order valence-electron chi connectivity index (χ2n) is 8.58. The zero-order valence-corrected chi connectivity index (χ0v) is 18.8. The molecule has 2 aromatic rings. The van der Waals surface area contributed by atoms with E-state index in [2.05, 4.69) is 27.7 Å². The molecule has 0 radical (unpaired) electrons. The molecule has 2 aliphatic rings. The number of amides is 4. The van der Waals surface area contributed by atoms with Crippen molar-refractivity contribution in [2.24, 2.45) is 0 Å². The molecule has 174 valence electrons. The zero-order valence-electron chi connectivity index (χ0n) is 18.8. The Morgan fingerprint density at radius 2 is 1.67 bits per heavy atom. The topological polar surface area (TPSA) is 91.0 Å². The number of carbonyl (C=O) groups excluding carboxylic acids is 3. The first kappa shape index (κ1) is 22.8. The highest BCUT2D eigenvalue weighted by Gasteiger charge is 2.39. The number of nitrogens with one attached hydrogen (secondary N) is 2. The van der Waals surface area contributed by atoms with Crippen molar-refractivity contribution in [3.63, 3.8) is 0 Å². The maximum atomic E-state index is 12.7. The number of carbonyl (C=O) groups is 3. The van der Waals surface area contributed by atoms with Gasteiger partial charge in [0.15, 0.2) is 0 Å². The monoisotopic (exact) mass is 450 g/mol. The smallest absolute Gasteiger partial charge is 0.325 e. The number of benzene rings is 2. The lowest BCUT2D eigenvalue weighted by atomic mass is 10.0. The number of piperidine rings is 1. The summed E-state index contributed by atoms with van der Waals surface area (Å²) in [5.41, 5.74) is 2.10. The third kappa shape index (κ3) is 5.90. The Bertz CT molecular complexity index is 972. The SMILES string of the molecule is COc1ccc(CN2C(=O)N[C@@H](CC(=O)NC3CCN(Cc4ccccc4)CC3)C2=O)cc1. The van der Waals surface area contributed by atoms with E-state index in [0.717, 1.165) is 42.9 Å². The second-order valence-corrected chi connectivity index (χ2v) is 8.58. The van der Waals surface area contributed by atoms with Crippen molar-refractivity contribution < 1.29 is 19.1 Å². The van der Waals surface area contributed by atoms with Gasteiger partial charge in [0.2, 0.25) is 5.91 Å². The quantitative estimate of drug-likeness (QED) is 0.603. The molecule has 0 unspecified atom stereocenters. The van der Waals surface area contributed by atoms with Gasteiger partial charge in [-0.3, -0.25) is 19.4 Å². The van der Waals surface area contributed by atoms with Crippen LogP contribution in [0.2, 0.25) is 0 Å². The summed E-state index contributed by atoms with van der Waals surface area (Å²) in [4.78, 5) is 41.1. The van der Waals surface area contributed by atoms with E-state index in [0.29, 0.717) is 5.75 Å². The summed E-state index contributed by atoms with van der Waals surface area (Å²) in [5, 5.41) is 5.68. The largest absolute Gasteiger partial charge is 0.497 e. The van der Waals surface area contributed by atoms with Gasteiger partial charge in [0.05, 0.1) is 20.1 Å². The van der Waals surface area contributed by atoms with E-state index in [1.807, 2.05) is 30.3 Å². The van der Waals surface area contributed by atoms with Crippen molar-refractivity contribution in [3.05, 3.63) is 65.7 Å². The third-order valence-corrected chi connectivity index (χ3v) is 6.20. The number of ether oxygens (including phenoxy) is 1. The minimum atomic E-state index is -0.825. The van der Waals surface area contributed by atoms with Crippen molar-refractivity contribution in [3.8, 4) is 5.75 Å². The Morgan fingerprint density at radius 1 is 1.00 bits per heavy atom. The first-order valence-corrected chi connectivity index (χ1v) is 11.3. The summed E-state index contributed by atoms with van der Waals surface area (Å²) in [6, 6.07) is 16.3. The summed E-state index contributed by atoms with van der Waals surface area (Å²) in [6.07, 6.45) is 1.69. The van der Waals surface area contributed by atoms with Crippen molar-refractivity contribution in [2.45, 2.75) is 44.4 Å². The Hall–Kier alpha value is -3.39. The number of hydrogen-bond donors (Lipinski definition) is 2. The Morgan fingerprint density at radius 3 is 2.33 bits per heavy atom. The Balaban J connectivity index is 1.22. The summed E-state index contributed by atoms with van der Waals surface area (Å²) < 4.78 is 5.13. The standard InChI is InChI=1S/C25H30N4O4/c1-33-21-9-7-19(8-10-21)17-29-24(31)22(27-25(29)32)15-23(30)26-20-11-13-28(14-12-20)16-18-5-3-2-4-6-18/h2-10,20,22H,11-17H2,1H3,(H,26,30)(H,27,32)/t22-/m0/s1. The summed E-state index contributed by atoms with van der Waals surface area (Å²) in [5.74, 6) is 0.126. The van der Waals surface area contributed by atoms with Crippen LogP contribution in [0.5, 0.6) is 5.75 Å². The minimum Gasteiger partial charge on any atom is -0.497 e. The van der Waals surface area contributed by atoms with E-state index in [9.17, 15) is 14.4 Å². The lowest BCUT2D eigenvalue weighted by Crippen LogP contribution is -2.46. The van der Waals surface area contributed by atoms with E-state index in [-0.39, 0.29) is 30.8 Å². The van der Waals surface area contributed by atoms with Gasteiger partial charge < -0.3 is 15.4 Å². The van der Waals surface area contributed by atoms with Gasteiger partial charge in [-0.05, 0) is 36.1 Å². The zero-order chi connectivity index (χ0) is 23.2. The maximum absolute atomic E-state index is 12.7. The number of urea groups is 1. The van der Waals surface area contributed by atoms with Gasteiger partial charge in [-0.2, -0.15) is 0 Å². The first-order valence-electron chi connectivity index (χ1n) is 11.3. The highest BCUT2D eigenvalue weighted by Crippen LogP contribution is 2.18. The van der Waals surface area contributed by atoms with Crippen LogP contribution in [0.15, 0.2) is 54.6 Å². The number of nitrogens with zero attached hydrogens (tertiary/aromatic N) is 2. The van der Waals surface area contributed by atoms with Crippen molar-refractivity contribution in [2.75, 3.05) is 20.2 Å². The second kappa shape index (κ2) is 10.5. The van der Waals surface area contributed by atoms with Gasteiger partial charge in [0, 0.05) is 25.7 Å². The van der Waals surface area contributed by atoms with Crippen molar-refractivity contribution >= 4 is 17.8 Å². The molecule has 1 atom stereocenters.